The number of para-hydroxylation sites is 1. The molecular weight excluding hydrogens is 380 g/mol. The Balaban J connectivity index is 1.69. The first-order chi connectivity index (χ1) is 13.1. The van der Waals surface area contributed by atoms with Gasteiger partial charge in [0, 0.05) is 28.6 Å². The van der Waals surface area contributed by atoms with Crippen molar-refractivity contribution in [3.63, 3.8) is 0 Å². The van der Waals surface area contributed by atoms with Gasteiger partial charge in [-0.25, -0.2) is 4.98 Å². The predicted octanol–water partition coefficient (Wildman–Crippen LogP) is 5.08. The summed E-state index contributed by atoms with van der Waals surface area (Å²) in [5, 5.41) is 5.73. The van der Waals surface area contributed by atoms with Crippen LogP contribution in [0.4, 0.5) is 5.69 Å². The van der Waals surface area contributed by atoms with Crippen LogP contribution in [0.15, 0.2) is 52.7 Å². The number of thiazole rings is 1. The van der Waals surface area contributed by atoms with Gasteiger partial charge in [-0.2, -0.15) is 0 Å². The molecule has 1 heterocycles. The Bertz CT molecular complexity index is 923. The molecule has 0 unspecified atom stereocenters. The van der Waals surface area contributed by atoms with Gasteiger partial charge >= 0.3 is 0 Å². The molecule has 140 valence electrons. The molecule has 0 fully saturated rings. The highest BCUT2D eigenvalue weighted by Gasteiger charge is 2.14. The summed E-state index contributed by atoms with van der Waals surface area (Å²) in [5.74, 6) is 2.09. The first kappa shape index (κ1) is 19.3. The van der Waals surface area contributed by atoms with Crippen LogP contribution in [-0.4, -0.2) is 25.1 Å². The summed E-state index contributed by atoms with van der Waals surface area (Å²) in [5.41, 5.74) is 2.74. The fraction of sp³-hybridized carbons (Fsp3) is 0.200. The van der Waals surface area contributed by atoms with E-state index in [1.165, 1.54) is 6.92 Å². The normalized spacial score (nSPS) is 10.5. The molecule has 0 atom stereocenters. The number of ether oxygens (including phenoxy) is 2. The third kappa shape index (κ3) is 4.81. The number of amides is 1. The van der Waals surface area contributed by atoms with E-state index in [4.69, 9.17) is 14.5 Å². The summed E-state index contributed by atoms with van der Waals surface area (Å²) in [7, 11) is 3.26. The second-order valence-corrected chi connectivity index (χ2v) is 7.59. The Morgan fingerprint density at radius 3 is 2.59 bits per heavy atom. The van der Waals surface area contributed by atoms with Crippen LogP contribution in [0.25, 0.3) is 10.6 Å². The molecule has 3 aromatic rings. The van der Waals surface area contributed by atoms with Gasteiger partial charge in [0.05, 0.1) is 25.5 Å². The Morgan fingerprint density at radius 2 is 1.93 bits per heavy atom. The fourth-order valence-electron chi connectivity index (χ4n) is 2.55. The van der Waals surface area contributed by atoms with Crippen molar-refractivity contribution in [2.24, 2.45) is 0 Å². The molecule has 0 spiro atoms. The van der Waals surface area contributed by atoms with Crippen molar-refractivity contribution >= 4 is 34.7 Å². The number of carbonyl (C=O) groups excluding carboxylic acids is 1. The zero-order valence-electron chi connectivity index (χ0n) is 15.3. The van der Waals surface area contributed by atoms with E-state index in [9.17, 15) is 4.79 Å². The average molecular weight is 401 g/mol. The number of aromatic nitrogens is 1. The van der Waals surface area contributed by atoms with E-state index in [0.29, 0.717) is 11.5 Å². The lowest BCUT2D eigenvalue weighted by molar-refractivity contribution is -0.114. The highest BCUT2D eigenvalue weighted by molar-refractivity contribution is 7.98. The molecule has 0 aliphatic carbocycles. The molecule has 1 aromatic heterocycles. The molecule has 7 heteroatoms. The van der Waals surface area contributed by atoms with Crippen LogP contribution in [0.1, 0.15) is 12.6 Å². The lowest BCUT2D eigenvalue weighted by Gasteiger charge is -2.10. The maximum absolute atomic E-state index is 11.1. The minimum Gasteiger partial charge on any atom is -0.493 e. The van der Waals surface area contributed by atoms with Crippen LogP contribution in [0.5, 0.6) is 11.5 Å². The van der Waals surface area contributed by atoms with Gasteiger partial charge in [0.15, 0.2) is 11.5 Å². The second kappa shape index (κ2) is 8.92. The largest absolute Gasteiger partial charge is 0.493 e. The third-order valence-electron chi connectivity index (χ3n) is 3.75. The van der Waals surface area contributed by atoms with Gasteiger partial charge in [0.2, 0.25) is 5.91 Å². The molecule has 5 nitrogen and oxygen atoms in total. The zero-order chi connectivity index (χ0) is 19.2. The minimum atomic E-state index is -0.0709. The Hall–Kier alpha value is -2.51. The van der Waals surface area contributed by atoms with Gasteiger partial charge in [-0.3, -0.25) is 4.79 Å². The van der Waals surface area contributed by atoms with Crippen molar-refractivity contribution in [1.82, 2.24) is 4.98 Å². The van der Waals surface area contributed by atoms with Crippen LogP contribution in [0.3, 0.4) is 0 Å². The van der Waals surface area contributed by atoms with E-state index >= 15 is 0 Å². The minimum absolute atomic E-state index is 0.0709. The number of nitrogens with one attached hydrogen (secondary N) is 1. The molecule has 2 aromatic carbocycles. The van der Waals surface area contributed by atoms with Gasteiger partial charge in [0.1, 0.15) is 5.01 Å². The van der Waals surface area contributed by atoms with E-state index in [2.05, 4.69) is 10.7 Å². The van der Waals surface area contributed by atoms with Crippen molar-refractivity contribution < 1.29 is 14.3 Å². The van der Waals surface area contributed by atoms with Crippen molar-refractivity contribution in [1.29, 1.82) is 0 Å². The van der Waals surface area contributed by atoms with Crippen LogP contribution < -0.4 is 14.8 Å². The number of rotatable bonds is 7. The van der Waals surface area contributed by atoms with Crippen molar-refractivity contribution in [2.45, 2.75) is 17.6 Å². The van der Waals surface area contributed by atoms with Gasteiger partial charge < -0.3 is 14.8 Å². The van der Waals surface area contributed by atoms with Crippen LogP contribution in [-0.2, 0) is 10.5 Å². The summed E-state index contributed by atoms with van der Waals surface area (Å²) >= 11 is 3.29. The van der Waals surface area contributed by atoms with E-state index in [-0.39, 0.29) is 5.91 Å². The monoisotopic (exact) mass is 400 g/mol. The summed E-state index contributed by atoms with van der Waals surface area (Å²) in [4.78, 5) is 16.9. The van der Waals surface area contributed by atoms with E-state index in [0.717, 1.165) is 32.6 Å². The third-order valence-corrected chi connectivity index (χ3v) is 5.72. The van der Waals surface area contributed by atoms with Gasteiger partial charge in [0.25, 0.3) is 0 Å². The smallest absolute Gasteiger partial charge is 0.221 e. The van der Waals surface area contributed by atoms with E-state index in [1.54, 1.807) is 37.3 Å². The molecule has 1 N–H and O–H groups in total. The first-order valence-corrected chi connectivity index (χ1v) is 10.1. The van der Waals surface area contributed by atoms with Crippen molar-refractivity contribution in [3.8, 4) is 22.1 Å². The molecule has 0 radical (unpaired) electrons. The van der Waals surface area contributed by atoms with Crippen LogP contribution in [0.2, 0.25) is 0 Å². The topological polar surface area (TPSA) is 60.5 Å². The standard InChI is InChI=1S/C20H20N2O3S2/c1-13(23)21-14-7-9-16(10-8-14)26-11-15-12-27-20(22-15)17-5-4-6-18(24-2)19(17)25-3/h4-10,12H,11H2,1-3H3,(H,21,23). The predicted molar refractivity (Wildman–Crippen MR) is 111 cm³/mol. The number of nitrogens with zero attached hydrogens (tertiary/aromatic N) is 1. The van der Waals surface area contributed by atoms with Crippen LogP contribution in [0, 0.1) is 0 Å². The maximum Gasteiger partial charge on any atom is 0.221 e. The molecule has 0 bridgehead atoms. The number of anilines is 1. The summed E-state index contributed by atoms with van der Waals surface area (Å²) in [6.45, 7) is 1.50. The number of hydrogen-bond donors (Lipinski definition) is 1. The Kier molecular flexibility index (Phi) is 6.36. The quantitative estimate of drug-likeness (QED) is 0.561. The van der Waals surface area contributed by atoms with Gasteiger partial charge in [-0.05, 0) is 36.4 Å². The molecule has 0 saturated heterocycles. The molecular formula is C20H20N2O3S2. The summed E-state index contributed by atoms with van der Waals surface area (Å²) in [6.07, 6.45) is 0. The van der Waals surface area contributed by atoms with E-state index in [1.807, 2.05) is 42.5 Å². The lowest BCUT2D eigenvalue weighted by atomic mass is 10.2. The van der Waals surface area contributed by atoms with Crippen LogP contribution >= 0.6 is 23.1 Å². The number of thioether (sulfide) groups is 1. The maximum atomic E-state index is 11.1. The Labute approximate surface area is 166 Å². The molecule has 27 heavy (non-hydrogen) atoms. The summed E-state index contributed by atoms with van der Waals surface area (Å²) < 4.78 is 10.9. The van der Waals surface area contributed by atoms with Gasteiger partial charge in [-0.1, -0.05) is 6.07 Å². The number of carbonyl (C=O) groups is 1. The summed E-state index contributed by atoms with van der Waals surface area (Å²) in [6, 6.07) is 13.6. The average Bonchev–Trinajstić information content (AvgIpc) is 3.15. The fourth-order valence-corrected chi connectivity index (χ4v) is 4.29. The molecule has 3 rings (SSSR count). The molecule has 0 aliphatic heterocycles. The molecule has 0 saturated carbocycles. The van der Waals surface area contributed by atoms with Gasteiger partial charge in [-0.15, -0.1) is 23.1 Å². The number of benzene rings is 2. The highest BCUT2D eigenvalue weighted by Crippen LogP contribution is 2.39. The van der Waals surface area contributed by atoms with Crippen molar-refractivity contribution in [3.05, 3.63) is 53.5 Å². The number of hydrogen-bond acceptors (Lipinski definition) is 6. The molecule has 0 aliphatic rings. The second-order valence-electron chi connectivity index (χ2n) is 5.68. The zero-order valence-corrected chi connectivity index (χ0v) is 16.9. The Morgan fingerprint density at radius 1 is 1.15 bits per heavy atom. The first-order valence-electron chi connectivity index (χ1n) is 8.27. The lowest BCUT2D eigenvalue weighted by Crippen LogP contribution is -2.05. The highest BCUT2D eigenvalue weighted by atomic mass is 32.2. The van der Waals surface area contributed by atoms with E-state index < -0.39 is 0 Å². The van der Waals surface area contributed by atoms with Crippen molar-refractivity contribution in [2.75, 3.05) is 19.5 Å². The SMILES string of the molecule is COc1cccc(-c2nc(CSc3ccc(NC(C)=O)cc3)cs2)c1OC. The molecule has 1 amide bonds. The number of methoxy groups -OCH3 is 2.